The van der Waals surface area contributed by atoms with Gasteiger partial charge in [-0.3, -0.25) is 0 Å². The number of rotatable bonds is 1. The van der Waals surface area contributed by atoms with Gasteiger partial charge in [-0.25, -0.2) is 9.52 Å². The van der Waals surface area contributed by atoms with Gasteiger partial charge in [0.15, 0.2) is 0 Å². The van der Waals surface area contributed by atoms with Crippen LogP contribution in [0.25, 0.3) is 10.8 Å². The van der Waals surface area contributed by atoms with Crippen LogP contribution in [0.2, 0.25) is 0 Å². The molecule has 0 fully saturated rings. The van der Waals surface area contributed by atoms with Crippen LogP contribution in [0.5, 0.6) is 0 Å². The summed E-state index contributed by atoms with van der Waals surface area (Å²) in [7, 11) is 0. The fourth-order valence-electron chi connectivity index (χ4n) is 1.51. The number of carbonyl (C=O) groups is 1. The summed E-state index contributed by atoms with van der Waals surface area (Å²) in [5.41, 5.74) is 0.707. The van der Waals surface area contributed by atoms with Gasteiger partial charge in [0.2, 0.25) is 0 Å². The lowest BCUT2D eigenvalue weighted by atomic mass is 10.0. The SMILES string of the molecule is O=C([NH2+]S)c1cccc2ccccc12. The molecule has 0 atom stereocenters. The molecule has 1 amide bonds. The van der Waals surface area contributed by atoms with Gasteiger partial charge in [0.05, 0.1) is 18.4 Å². The van der Waals surface area contributed by atoms with Crippen molar-refractivity contribution in [2.75, 3.05) is 0 Å². The minimum atomic E-state index is -0.0508. The summed E-state index contributed by atoms with van der Waals surface area (Å²) in [6, 6.07) is 13.5. The third kappa shape index (κ3) is 1.52. The standard InChI is InChI=1S/C11H9NOS/c13-11(12-14)10-7-3-5-8-4-1-2-6-9(8)10/h1-7,14H,(H,12,13)/p+1. The summed E-state index contributed by atoms with van der Waals surface area (Å²) in [4.78, 5) is 11.5. The van der Waals surface area contributed by atoms with Crippen molar-refractivity contribution >= 4 is 29.5 Å². The molecule has 2 aromatic rings. The Hall–Kier alpha value is -1.32. The van der Waals surface area contributed by atoms with Crippen molar-refractivity contribution in [1.82, 2.24) is 0 Å². The maximum atomic E-state index is 11.5. The van der Waals surface area contributed by atoms with E-state index in [0.29, 0.717) is 5.56 Å². The van der Waals surface area contributed by atoms with Gasteiger partial charge in [-0.05, 0) is 16.8 Å². The Morgan fingerprint density at radius 3 is 2.57 bits per heavy atom. The number of primary amides is 1. The number of nitrogens with two attached hydrogens (primary N) is 1. The van der Waals surface area contributed by atoms with Gasteiger partial charge in [0.25, 0.3) is 0 Å². The highest BCUT2D eigenvalue weighted by Gasteiger charge is 2.10. The summed E-state index contributed by atoms with van der Waals surface area (Å²) < 4.78 is 1.29. The first-order valence-corrected chi connectivity index (χ1v) is 4.84. The Bertz CT molecular complexity index is 476. The van der Waals surface area contributed by atoms with Crippen LogP contribution in [-0.2, 0) is 0 Å². The molecule has 2 nitrogen and oxygen atoms in total. The van der Waals surface area contributed by atoms with E-state index >= 15 is 0 Å². The fourth-order valence-corrected chi connectivity index (χ4v) is 1.65. The summed E-state index contributed by atoms with van der Waals surface area (Å²) in [5, 5.41) is 2.05. The number of amides is 1. The number of fused-ring (bicyclic) bond motifs is 1. The van der Waals surface area contributed by atoms with E-state index in [1.165, 1.54) is 4.72 Å². The Kier molecular flexibility index (Phi) is 2.52. The second kappa shape index (κ2) is 3.82. The average Bonchev–Trinajstić information content (AvgIpc) is 2.27. The van der Waals surface area contributed by atoms with Crippen LogP contribution in [0.1, 0.15) is 10.4 Å². The molecule has 0 aliphatic carbocycles. The molecule has 0 saturated heterocycles. The van der Waals surface area contributed by atoms with E-state index in [4.69, 9.17) is 0 Å². The second-order valence-electron chi connectivity index (χ2n) is 3.02. The van der Waals surface area contributed by atoms with Crippen LogP contribution in [0.3, 0.4) is 0 Å². The molecule has 70 valence electrons. The van der Waals surface area contributed by atoms with Crippen LogP contribution in [0.4, 0.5) is 0 Å². The molecular formula is C11H10NOS+. The zero-order valence-electron chi connectivity index (χ0n) is 7.47. The van der Waals surface area contributed by atoms with E-state index in [-0.39, 0.29) is 5.91 Å². The predicted octanol–water partition coefficient (Wildman–Crippen LogP) is 1.39. The van der Waals surface area contributed by atoms with Crippen molar-refractivity contribution in [3.63, 3.8) is 0 Å². The number of thiol groups is 1. The van der Waals surface area contributed by atoms with Crippen LogP contribution < -0.4 is 4.72 Å². The monoisotopic (exact) mass is 204 g/mol. The Labute approximate surface area is 87.5 Å². The first-order valence-electron chi connectivity index (χ1n) is 4.32. The van der Waals surface area contributed by atoms with E-state index in [1.807, 2.05) is 42.5 Å². The van der Waals surface area contributed by atoms with Gasteiger partial charge >= 0.3 is 5.91 Å². The average molecular weight is 204 g/mol. The van der Waals surface area contributed by atoms with Crippen molar-refractivity contribution in [2.45, 2.75) is 0 Å². The lowest BCUT2D eigenvalue weighted by Gasteiger charge is -2.00. The summed E-state index contributed by atoms with van der Waals surface area (Å²) in [6.45, 7) is 0. The Balaban J connectivity index is 2.71. The lowest BCUT2D eigenvalue weighted by Crippen LogP contribution is -2.77. The molecule has 0 aromatic heterocycles. The molecule has 0 saturated carbocycles. The molecule has 2 N–H and O–H groups in total. The number of hydrogen-bond acceptors (Lipinski definition) is 2. The molecule has 0 aliphatic rings. The lowest BCUT2D eigenvalue weighted by molar-refractivity contribution is -0.362. The molecule has 3 heteroatoms. The van der Waals surface area contributed by atoms with Crippen LogP contribution in [0.15, 0.2) is 42.5 Å². The number of hydrogen-bond donors (Lipinski definition) is 2. The van der Waals surface area contributed by atoms with Gasteiger partial charge in [0.1, 0.15) is 0 Å². The Morgan fingerprint density at radius 2 is 1.79 bits per heavy atom. The van der Waals surface area contributed by atoms with E-state index in [9.17, 15) is 4.79 Å². The van der Waals surface area contributed by atoms with Gasteiger partial charge < -0.3 is 0 Å². The maximum Gasteiger partial charge on any atom is 0.354 e. The molecular weight excluding hydrogens is 194 g/mol. The normalized spacial score (nSPS) is 10.4. The smallest absolute Gasteiger partial charge is 0.225 e. The minimum absolute atomic E-state index is 0.0508. The van der Waals surface area contributed by atoms with E-state index in [2.05, 4.69) is 12.8 Å². The first kappa shape index (κ1) is 9.24. The summed E-state index contributed by atoms with van der Waals surface area (Å²) >= 11 is 3.88. The topological polar surface area (TPSA) is 33.7 Å². The molecule has 0 radical (unpaired) electrons. The highest BCUT2D eigenvalue weighted by Crippen LogP contribution is 2.17. The highest BCUT2D eigenvalue weighted by molar-refractivity contribution is 7.73. The largest absolute Gasteiger partial charge is 0.354 e. The molecule has 0 aliphatic heterocycles. The van der Waals surface area contributed by atoms with E-state index < -0.39 is 0 Å². The highest BCUT2D eigenvalue weighted by atomic mass is 32.1. The van der Waals surface area contributed by atoms with E-state index in [1.54, 1.807) is 0 Å². The third-order valence-corrected chi connectivity index (χ3v) is 2.41. The zero-order chi connectivity index (χ0) is 9.97. The van der Waals surface area contributed by atoms with Gasteiger partial charge in [-0.1, -0.05) is 36.4 Å². The Morgan fingerprint density at radius 1 is 1.07 bits per heavy atom. The molecule has 0 spiro atoms. The molecule has 0 heterocycles. The molecule has 0 unspecified atom stereocenters. The molecule has 2 rings (SSSR count). The zero-order valence-corrected chi connectivity index (χ0v) is 8.37. The van der Waals surface area contributed by atoms with Crippen LogP contribution in [0, 0.1) is 0 Å². The predicted molar refractivity (Wildman–Crippen MR) is 59.2 cm³/mol. The van der Waals surface area contributed by atoms with Gasteiger partial charge in [-0.2, -0.15) is 0 Å². The quantitative estimate of drug-likeness (QED) is 0.676. The van der Waals surface area contributed by atoms with Gasteiger partial charge in [0, 0.05) is 0 Å². The van der Waals surface area contributed by atoms with E-state index in [0.717, 1.165) is 10.8 Å². The van der Waals surface area contributed by atoms with Crippen molar-refractivity contribution in [1.29, 1.82) is 0 Å². The van der Waals surface area contributed by atoms with Crippen molar-refractivity contribution < 1.29 is 9.52 Å². The van der Waals surface area contributed by atoms with Crippen LogP contribution in [-0.4, -0.2) is 5.91 Å². The first-order chi connectivity index (χ1) is 6.83. The minimum Gasteiger partial charge on any atom is -0.225 e. The van der Waals surface area contributed by atoms with Gasteiger partial charge in [-0.15, -0.1) is 0 Å². The molecule has 14 heavy (non-hydrogen) atoms. The molecule has 0 bridgehead atoms. The second-order valence-corrected chi connectivity index (χ2v) is 3.28. The third-order valence-electron chi connectivity index (χ3n) is 2.17. The summed E-state index contributed by atoms with van der Waals surface area (Å²) in [5.74, 6) is -0.0508. The summed E-state index contributed by atoms with van der Waals surface area (Å²) in [6.07, 6.45) is 0. The van der Waals surface area contributed by atoms with Crippen molar-refractivity contribution in [2.24, 2.45) is 0 Å². The number of carbonyl (C=O) groups excluding carboxylic acids is 1. The van der Waals surface area contributed by atoms with Crippen molar-refractivity contribution in [3.8, 4) is 0 Å². The van der Waals surface area contributed by atoms with Crippen LogP contribution >= 0.6 is 12.8 Å². The number of quaternary nitrogens is 1. The van der Waals surface area contributed by atoms with Crippen molar-refractivity contribution in [3.05, 3.63) is 48.0 Å². The number of benzene rings is 2. The fraction of sp³-hybridized carbons (Fsp3) is 0. The molecule has 2 aromatic carbocycles. The maximum absolute atomic E-state index is 11.5.